The third-order valence-electron chi connectivity index (χ3n) is 6.30. The molecule has 1 aliphatic heterocycles. The second-order valence-electron chi connectivity index (χ2n) is 8.25. The number of hydrogen-bond acceptors (Lipinski definition) is 5. The molecular weight excluding hydrogens is 418 g/mol. The molecule has 2 heterocycles. The smallest absolute Gasteiger partial charge is 0.227 e. The van der Waals surface area contributed by atoms with Gasteiger partial charge in [-0.2, -0.15) is 0 Å². The van der Waals surface area contributed by atoms with Crippen LogP contribution in [-0.2, 0) is 17.8 Å². The highest BCUT2D eigenvalue weighted by molar-refractivity contribution is 5.80. The van der Waals surface area contributed by atoms with E-state index in [0.29, 0.717) is 23.8 Å². The Morgan fingerprint density at radius 2 is 1.76 bits per heavy atom. The molecule has 0 spiro atoms. The summed E-state index contributed by atoms with van der Waals surface area (Å²) in [6, 6.07) is 13.8. The summed E-state index contributed by atoms with van der Waals surface area (Å²) in [4.78, 5) is 19.6. The van der Waals surface area contributed by atoms with E-state index in [1.165, 1.54) is 5.56 Å². The lowest BCUT2D eigenvalue weighted by molar-refractivity contribution is -0.131. The van der Waals surface area contributed by atoms with E-state index in [-0.39, 0.29) is 5.91 Å². The summed E-state index contributed by atoms with van der Waals surface area (Å²) >= 11 is 0. The Morgan fingerprint density at radius 3 is 2.42 bits per heavy atom. The molecule has 33 heavy (non-hydrogen) atoms. The van der Waals surface area contributed by atoms with Crippen molar-refractivity contribution < 1.29 is 19.0 Å². The minimum Gasteiger partial charge on any atom is -0.497 e. The van der Waals surface area contributed by atoms with Gasteiger partial charge in [-0.3, -0.25) is 4.79 Å². The van der Waals surface area contributed by atoms with E-state index < -0.39 is 0 Å². The van der Waals surface area contributed by atoms with Gasteiger partial charge >= 0.3 is 0 Å². The number of hydrogen-bond donors (Lipinski definition) is 0. The fourth-order valence-electron chi connectivity index (χ4n) is 4.50. The lowest BCUT2D eigenvalue weighted by atomic mass is 9.95. The van der Waals surface area contributed by atoms with E-state index in [1.54, 1.807) is 21.3 Å². The normalized spacial score (nSPS) is 14.2. The molecule has 7 nitrogen and oxygen atoms in total. The molecule has 3 aromatic rings. The Kier molecular flexibility index (Phi) is 7.17. The number of rotatable bonds is 8. The molecule has 1 aliphatic rings. The fourth-order valence-corrected chi connectivity index (χ4v) is 4.50. The molecule has 1 amide bonds. The predicted octanol–water partition coefficient (Wildman–Crippen LogP) is 3.91. The number of aromatic nitrogens is 2. The van der Waals surface area contributed by atoms with Gasteiger partial charge in [-0.05, 0) is 36.6 Å². The van der Waals surface area contributed by atoms with E-state index in [0.717, 1.165) is 49.6 Å². The highest BCUT2D eigenvalue weighted by Crippen LogP contribution is 2.32. The molecule has 174 valence electrons. The maximum absolute atomic E-state index is 13.0. The average Bonchev–Trinajstić information content (AvgIpc) is 3.32. The van der Waals surface area contributed by atoms with Crippen LogP contribution in [0.1, 0.15) is 35.7 Å². The van der Waals surface area contributed by atoms with Crippen LogP contribution in [-0.4, -0.2) is 54.8 Å². The number of piperidine rings is 1. The number of nitrogens with zero attached hydrogens (tertiary/aromatic N) is 3. The minimum absolute atomic E-state index is 0.113. The zero-order valence-corrected chi connectivity index (χ0v) is 19.5. The van der Waals surface area contributed by atoms with Gasteiger partial charge in [-0.1, -0.05) is 24.3 Å². The minimum atomic E-state index is 0.113. The van der Waals surface area contributed by atoms with Crippen molar-refractivity contribution in [2.75, 3.05) is 34.4 Å². The first-order chi connectivity index (χ1) is 16.1. The summed E-state index contributed by atoms with van der Waals surface area (Å²) < 4.78 is 18.3. The Hall–Kier alpha value is -3.48. The number of carbonyl (C=O) groups excluding carboxylic acids is 1. The zero-order chi connectivity index (χ0) is 23.2. The van der Waals surface area contributed by atoms with Gasteiger partial charge in [0.05, 0.1) is 27.8 Å². The monoisotopic (exact) mass is 449 g/mol. The maximum Gasteiger partial charge on any atom is 0.227 e. The molecule has 0 aliphatic carbocycles. The molecular formula is C26H31N3O4. The van der Waals surface area contributed by atoms with Crippen molar-refractivity contribution in [3.8, 4) is 17.2 Å². The summed E-state index contributed by atoms with van der Waals surface area (Å²) in [5, 5.41) is 0. The first-order valence-corrected chi connectivity index (χ1v) is 11.2. The van der Waals surface area contributed by atoms with Crippen LogP contribution >= 0.6 is 0 Å². The molecule has 2 aromatic carbocycles. The summed E-state index contributed by atoms with van der Waals surface area (Å²) in [7, 11) is 4.88. The Balaban J connectivity index is 1.37. The van der Waals surface area contributed by atoms with Crippen LogP contribution in [0.5, 0.6) is 17.2 Å². The number of carbonyl (C=O) groups is 1. The molecule has 1 aromatic heterocycles. The van der Waals surface area contributed by atoms with Gasteiger partial charge in [-0.15, -0.1) is 0 Å². The van der Waals surface area contributed by atoms with E-state index in [1.807, 2.05) is 47.6 Å². The summed E-state index contributed by atoms with van der Waals surface area (Å²) in [6.07, 6.45) is 6.01. The second kappa shape index (κ2) is 10.4. The van der Waals surface area contributed by atoms with Gasteiger partial charge in [0.2, 0.25) is 5.91 Å². The van der Waals surface area contributed by atoms with Crippen molar-refractivity contribution in [2.45, 2.75) is 31.7 Å². The lowest BCUT2D eigenvalue weighted by Gasteiger charge is -2.32. The van der Waals surface area contributed by atoms with Gasteiger partial charge in [0.15, 0.2) is 11.5 Å². The molecule has 0 unspecified atom stereocenters. The van der Waals surface area contributed by atoms with E-state index in [4.69, 9.17) is 14.2 Å². The highest BCUT2D eigenvalue weighted by Gasteiger charge is 2.27. The predicted molar refractivity (Wildman–Crippen MR) is 126 cm³/mol. The highest BCUT2D eigenvalue weighted by atomic mass is 16.5. The van der Waals surface area contributed by atoms with E-state index in [9.17, 15) is 4.79 Å². The maximum atomic E-state index is 13.0. The molecule has 0 N–H and O–H groups in total. The summed E-state index contributed by atoms with van der Waals surface area (Å²) in [6.45, 7) is 2.23. The molecule has 0 radical (unpaired) electrons. The Labute approximate surface area is 194 Å². The quantitative estimate of drug-likeness (QED) is 0.522. The van der Waals surface area contributed by atoms with Crippen LogP contribution in [0.4, 0.5) is 0 Å². The van der Waals surface area contributed by atoms with Gasteiger partial charge in [-0.25, -0.2) is 4.98 Å². The summed E-state index contributed by atoms with van der Waals surface area (Å²) in [5.41, 5.74) is 2.05. The SMILES string of the molecule is COc1ccc(Cn2ccnc2C2CCN(C(=O)Cc3cccc(OC)c3OC)CC2)cc1. The van der Waals surface area contributed by atoms with Crippen molar-refractivity contribution >= 4 is 5.91 Å². The third-order valence-corrected chi connectivity index (χ3v) is 6.30. The first kappa shape index (κ1) is 22.7. The van der Waals surface area contributed by atoms with Gasteiger partial charge < -0.3 is 23.7 Å². The number of imidazole rings is 1. The lowest BCUT2D eigenvalue weighted by Crippen LogP contribution is -2.39. The molecule has 0 atom stereocenters. The van der Waals surface area contributed by atoms with Crippen LogP contribution in [0.15, 0.2) is 54.9 Å². The van der Waals surface area contributed by atoms with Crippen molar-refractivity contribution in [1.29, 1.82) is 0 Å². The number of likely N-dealkylation sites (tertiary alicyclic amines) is 1. The number of benzene rings is 2. The van der Waals surface area contributed by atoms with Gasteiger partial charge in [0.25, 0.3) is 0 Å². The third kappa shape index (κ3) is 5.13. The van der Waals surface area contributed by atoms with Crippen LogP contribution in [0.3, 0.4) is 0 Å². The molecule has 0 bridgehead atoms. The number of methoxy groups -OCH3 is 3. The number of ether oxygens (including phenoxy) is 3. The van der Waals surface area contributed by atoms with Gasteiger partial charge in [0, 0.05) is 43.5 Å². The zero-order valence-electron chi connectivity index (χ0n) is 19.5. The molecule has 0 saturated carbocycles. The largest absolute Gasteiger partial charge is 0.497 e. The second-order valence-corrected chi connectivity index (χ2v) is 8.25. The average molecular weight is 450 g/mol. The number of amides is 1. The van der Waals surface area contributed by atoms with Crippen LogP contribution in [0.2, 0.25) is 0 Å². The Bertz CT molecular complexity index is 1070. The van der Waals surface area contributed by atoms with E-state index in [2.05, 4.69) is 21.7 Å². The molecule has 4 rings (SSSR count). The summed E-state index contributed by atoms with van der Waals surface area (Å²) in [5.74, 6) is 3.67. The van der Waals surface area contributed by atoms with Crippen LogP contribution in [0.25, 0.3) is 0 Å². The van der Waals surface area contributed by atoms with Crippen molar-refractivity contribution in [3.05, 3.63) is 71.8 Å². The molecule has 1 saturated heterocycles. The van der Waals surface area contributed by atoms with Crippen LogP contribution in [0, 0.1) is 0 Å². The van der Waals surface area contributed by atoms with E-state index >= 15 is 0 Å². The Morgan fingerprint density at radius 1 is 1.00 bits per heavy atom. The van der Waals surface area contributed by atoms with Gasteiger partial charge in [0.1, 0.15) is 11.6 Å². The topological polar surface area (TPSA) is 65.8 Å². The fraction of sp³-hybridized carbons (Fsp3) is 0.385. The first-order valence-electron chi connectivity index (χ1n) is 11.2. The van der Waals surface area contributed by atoms with Crippen molar-refractivity contribution in [2.24, 2.45) is 0 Å². The number of para-hydroxylation sites is 1. The molecule has 1 fully saturated rings. The van der Waals surface area contributed by atoms with Crippen molar-refractivity contribution in [3.63, 3.8) is 0 Å². The van der Waals surface area contributed by atoms with Crippen molar-refractivity contribution in [1.82, 2.24) is 14.5 Å². The molecule has 7 heteroatoms. The van der Waals surface area contributed by atoms with Crippen LogP contribution < -0.4 is 14.2 Å². The standard InChI is InChI=1S/C26H31N3O4/c1-31-22-9-7-19(8-10-22)18-29-16-13-27-26(29)20-11-14-28(15-12-20)24(30)17-21-5-4-6-23(32-2)25(21)33-3/h4-10,13,16,20H,11-12,14-15,17-18H2,1-3H3.